The Hall–Kier alpha value is -1.92. The van der Waals surface area contributed by atoms with E-state index in [2.05, 4.69) is 4.72 Å². The Balaban J connectivity index is 2.41. The molecule has 2 rings (SSSR count). The maximum absolute atomic E-state index is 12.4. The molecule has 2 aromatic rings. The average Bonchev–Trinajstić information content (AvgIpc) is 2.43. The lowest BCUT2D eigenvalue weighted by atomic mass is 10.2. The van der Waals surface area contributed by atoms with Crippen molar-refractivity contribution in [3.05, 3.63) is 47.0 Å². The lowest BCUT2D eigenvalue weighted by Crippen LogP contribution is -2.15. The first-order chi connectivity index (χ1) is 9.85. The van der Waals surface area contributed by atoms with Gasteiger partial charge in [-0.25, -0.2) is 8.42 Å². The third-order valence-electron chi connectivity index (χ3n) is 3.02. The van der Waals surface area contributed by atoms with Crippen molar-refractivity contribution in [2.75, 3.05) is 17.6 Å². The molecule has 21 heavy (non-hydrogen) atoms. The van der Waals surface area contributed by atoms with E-state index in [1.807, 2.05) is 0 Å². The van der Waals surface area contributed by atoms with E-state index >= 15 is 0 Å². The Morgan fingerprint density at radius 3 is 2.57 bits per heavy atom. The minimum Gasteiger partial charge on any atom is -0.497 e. The summed E-state index contributed by atoms with van der Waals surface area (Å²) in [5, 5.41) is 0.484. The van der Waals surface area contributed by atoms with Crippen LogP contribution in [0.25, 0.3) is 0 Å². The number of ether oxygens (including phenoxy) is 1. The maximum Gasteiger partial charge on any atom is 0.263 e. The fourth-order valence-corrected chi connectivity index (χ4v) is 3.23. The van der Waals surface area contributed by atoms with Crippen molar-refractivity contribution in [1.82, 2.24) is 0 Å². The largest absolute Gasteiger partial charge is 0.497 e. The van der Waals surface area contributed by atoms with Gasteiger partial charge in [-0.2, -0.15) is 0 Å². The predicted octanol–water partition coefficient (Wildman–Crippen LogP) is 3.04. The Morgan fingerprint density at radius 2 is 1.95 bits per heavy atom. The number of hydrogen-bond donors (Lipinski definition) is 2. The van der Waals surface area contributed by atoms with Crippen LogP contribution in [0.1, 0.15) is 5.56 Å². The molecule has 0 aliphatic heterocycles. The van der Waals surface area contributed by atoms with Crippen molar-refractivity contribution in [3.8, 4) is 5.75 Å². The predicted molar refractivity (Wildman–Crippen MR) is 84.4 cm³/mol. The first kappa shape index (κ1) is 15.5. The highest BCUT2D eigenvalue weighted by molar-refractivity contribution is 7.92. The zero-order valence-electron chi connectivity index (χ0n) is 11.6. The maximum atomic E-state index is 12.4. The number of hydrogen-bond acceptors (Lipinski definition) is 4. The van der Waals surface area contributed by atoms with Crippen molar-refractivity contribution in [3.63, 3.8) is 0 Å². The second-order valence-corrected chi connectivity index (χ2v) is 6.48. The highest BCUT2D eigenvalue weighted by atomic mass is 35.5. The number of methoxy groups -OCH3 is 1. The van der Waals surface area contributed by atoms with Crippen molar-refractivity contribution in [2.24, 2.45) is 0 Å². The number of halogens is 1. The molecule has 7 heteroatoms. The van der Waals surface area contributed by atoms with E-state index in [1.165, 1.54) is 25.3 Å². The number of nitrogens with one attached hydrogen (secondary N) is 1. The molecule has 0 amide bonds. The van der Waals surface area contributed by atoms with Gasteiger partial charge in [0.2, 0.25) is 0 Å². The molecule has 0 aromatic heterocycles. The Bertz CT molecular complexity index is 776. The van der Waals surface area contributed by atoms with Crippen molar-refractivity contribution < 1.29 is 13.2 Å². The summed E-state index contributed by atoms with van der Waals surface area (Å²) in [6.45, 7) is 1.73. The molecule has 112 valence electrons. The van der Waals surface area contributed by atoms with Gasteiger partial charge in [0.25, 0.3) is 10.0 Å². The number of sulfonamides is 1. The monoisotopic (exact) mass is 326 g/mol. The van der Waals surface area contributed by atoms with Crippen LogP contribution in [0, 0.1) is 6.92 Å². The SMILES string of the molecule is COc1ccc(S(=O)(=O)Nc2cccc(Cl)c2C)c(N)c1. The van der Waals surface area contributed by atoms with Crippen LogP contribution < -0.4 is 15.2 Å². The zero-order valence-corrected chi connectivity index (χ0v) is 13.1. The van der Waals surface area contributed by atoms with Crippen LogP contribution in [0.15, 0.2) is 41.3 Å². The third-order valence-corrected chi connectivity index (χ3v) is 4.87. The summed E-state index contributed by atoms with van der Waals surface area (Å²) in [7, 11) is -2.31. The van der Waals surface area contributed by atoms with Crippen LogP contribution in [0.5, 0.6) is 5.75 Å². The topological polar surface area (TPSA) is 81.4 Å². The van der Waals surface area contributed by atoms with Gasteiger partial charge < -0.3 is 10.5 Å². The molecule has 0 fully saturated rings. The molecule has 0 spiro atoms. The molecule has 0 heterocycles. The van der Waals surface area contributed by atoms with Gasteiger partial charge in [0.15, 0.2) is 0 Å². The van der Waals surface area contributed by atoms with Crippen LogP contribution >= 0.6 is 11.6 Å². The van der Waals surface area contributed by atoms with Gasteiger partial charge in [-0.05, 0) is 36.8 Å². The van der Waals surface area contributed by atoms with Gasteiger partial charge in [-0.3, -0.25) is 4.72 Å². The van der Waals surface area contributed by atoms with E-state index in [0.717, 1.165) is 0 Å². The quantitative estimate of drug-likeness (QED) is 0.846. The molecule has 0 saturated carbocycles. The number of nitrogens with two attached hydrogens (primary N) is 1. The molecule has 0 aliphatic rings. The first-order valence-electron chi connectivity index (χ1n) is 6.06. The molecule has 0 aliphatic carbocycles. The minimum atomic E-state index is -3.80. The summed E-state index contributed by atoms with van der Waals surface area (Å²) in [5.41, 5.74) is 6.95. The second kappa shape index (κ2) is 5.83. The molecule has 0 saturated heterocycles. The molecule has 5 nitrogen and oxygen atoms in total. The van der Waals surface area contributed by atoms with Crippen molar-refractivity contribution in [1.29, 1.82) is 0 Å². The fraction of sp³-hybridized carbons (Fsp3) is 0.143. The molecule has 0 radical (unpaired) electrons. The molecule has 3 N–H and O–H groups in total. The van der Waals surface area contributed by atoms with Crippen LogP contribution in [0.3, 0.4) is 0 Å². The standard InChI is InChI=1S/C14H15ClN2O3S/c1-9-11(15)4-3-5-13(9)17-21(18,19)14-7-6-10(20-2)8-12(14)16/h3-8,17H,16H2,1-2H3. The second-order valence-electron chi connectivity index (χ2n) is 4.42. The summed E-state index contributed by atoms with van der Waals surface area (Å²) in [6, 6.07) is 9.39. The van der Waals surface area contributed by atoms with Gasteiger partial charge in [-0.1, -0.05) is 17.7 Å². The van der Waals surface area contributed by atoms with Gasteiger partial charge >= 0.3 is 0 Å². The highest BCUT2D eigenvalue weighted by Crippen LogP contribution is 2.28. The van der Waals surface area contributed by atoms with Crippen LogP contribution in [-0.4, -0.2) is 15.5 Å². The van der Waals surface area contributed by atoms with Gasteiger partial charge in [0.05, 0.1) is 18.5 Å². The van der Waals surface area contributed by atoms with Crippen LogP contribution in [-0.2, 0) is 10.0 Å². The molecule has 0 atom stereocenters. The van der Waals surface area contributed by atoms with Crippen LogP contribution in [0.2, 0.25) is 5.02 Å². The van der Waals surface area contributed by atoms with E-state index in [1.54, 1.807) is 25.1 Å². The van der Waals surface area contributed by atoms with Gasteiger partial charge in [0.1, 0.15) is 10.6 Å². The van der Waals surface area contributed by atoms with E-state index in [-0.39, 0.29) is 10.6 Å². The molecular formula is C14H15ClN2O3S. The summed E-state index contributed by atoms with van der Waals surface area (Å²) in [4.78, 5) is -0.0114. The summed E-state index contributed by atoms with van der Waals surface area (Å²) in [6.07, 6.45) is 0. The molecular weight excluding hydrogens is 312 g/mol. The van der Waals surface area contributed by atoms with Gasteiger partial charge in [0, 0.05) is 11.1 Å². The minimum absolute atomic E-state index is 0.0114. The zero-order chi connectivity index (χ0) is 15.6. The van der Waals surface area contributed by atoms with Crippen molar-refractivity contribution in [2.45, 2.75) is 11.8 Å². The van der Waals surface area contributed by atoms with E-state index in [0.29, 0.717) is 22.0 Å². The Labute approximate surface area is 128 Å². The third kappa shape index (κ3) is 3.22. The lowest BCUT2D eigenvalue weighted by Gasteiger charge is -2.13. The van der Waals surface area contributed by atoms with Crippen LogP contribution in [0.4, 0.5) is 11.4 Å². The van der Waals surface area contributed by atoms with Gasteiger partial charge in [-0.15, -0.1) is 0 Å². The number of benzene rings is 2. The molecule has 2 aromatic carbocycles. The smallest absolute Gasteiger partial charge is 0.263 e. The lowest BCUT2D eigenvalue weighted by molar-refractivity contribution is 0.414. The van der Waals surface area contributed by atoms with E-state index in [4.69, 9.17) is 22.1 Å². The summed E-state index contributed by atoms with van der Waals surface area (Å²) >= 11 is 5.98. The Kier molecular flexibility index (Phi) is 4.29. The summed E-state index contributed by atoms with van der Waals surface area (Å²) in [5.74, 6) is 0.491. The Morgan fingerprint density at radius 1 is 1.24 bits per heavy atom. The normalized spacial score (nSPS) is 11.2. The average molecular weight is 327 g/mol. The number of nitrogen functional groups attached to an aromatic ring is 1. The first-order valence-corrected chi connectivity index (χ1v) is 7.92. The number of anilines is 2. The van der Waals surface area contributed by atoms with E-state index < -0.39 is 10.0 Å². The van der Waals surface area contributed by atoms with E-state index in [9.17, 15) is 8.42 Å². The van der Waals surface area contributed by atoms with Crippen molar-refractivity contribution >= 4 is 33.0 Å². The molecule has 0 bridgehead atoms. The highest BCUT2D eigenvalue weighted by Gasteiger charge is 2.19. The summed E-state index contributed by atoms with van der Waals surface area (Å²) < 4.78 is 32.3. The fourth-order valence-electron chi connectivity index (χ4n) is 1.82. The molecule has 0 unspecified atom stereocenters. The number of rotatable bonds is 4.